The number of amides is 1. The molecule has 0 aliphatic rings. The Morgan fingerprint density at radius 2 is 2.00 bits per heavy atom. The lowest BCUT2D eigenvalue weighted by Crippen LogP contribution is -2.17. The molecule has 0 saturated carbocycles. The lowest BCUT2D eigenvalue weighted by molar-refractivity contribution is 0.0955. The summed E-state index contributed by atoms with van der Waals surface area (Å²) in [7, 11) is 0. The van der Waals surface area contributed by atoms with Crippen molar-refractivity contribution in [1.82, 2.24) is 5.43 Å². The summed E-state index contributed by atoms with van der Waals surface area (Å²) >= 11 is 0. The van der Waals surface area contributed by atoms with Gasteiger partial charge in [-0.25, -0.2) is 5.43 Å². The molecule has 0 unspecified atom stereocenters. The maximum Gasteiger partial charge on any atom is 0.271 e. The third kappa shape index (κ3) is 4.09. The number of hydrogen-bond donors (Lipinski definition) is 2. The quantitative estimate of drug-likeness (QED) is 0.658. The lowest BCUT2D eigenvalue weighted by Gasteiger charge is -2.04. The Hall–Kier alpha value is -2.82. The highest BCUT2D eigenvalue weighted by molar-refractivity contribution is 5.95. The van der Waals surface area contributed by atoms with E-state index < -0.39 is 0 Å². The fourth-order valence-electron chi connectivity index (χ4n) is 1.87. The molecule has 2 rings (SSSR count). The van der Waals surface area contributed by atoms with Gasteiger partial charge in [0.2, 0.25) is 0 Å². The van der Waals surface area contributed by atoms with Crippen LogP contribution in [0.25, 0.3) is 0 Å². The third-order valence-electron chi connectivity index (χ3n) is 2.98. The Bertz CT molecular complexity index is 679. The van der Waals surface area contributed by atoms with Crippen LogP contribution in [0.1, 0.15) is 28.4 Å². The molecule has 0 fully saturated rings. The summed E-state index contributed by atoms with van der Waals surface area (Å²) in [5, 5.41) is 13.5. The van der Waals surface area contributed by atoms with Gasteiger partial charge < -0.3 is 9.84 Å². The third-order valence-corrected chi connectivity index (χ3v) is 2.98. The van der Waals surface area contributed by atoms with Gasteiger partial charge in [0.1, 0.15) is 11.5 Å². The van der Waals surface area contributed by atoms with E-state index in [2.05, 4.69) is 10.5 Å². The zero-order valence-corrected chi connectivity index (χ0v) is 12.5. The summed E-state index contributed by atoms with van der Waals surface area (Å²) in [4.78, 5) is 11.9. The Labute approximate surface area is 129 Å². The number of phenols is 1. The molecule has 5 nitrogen and oxygen atoms in total. The summed E-state index contributed by atoms with van der Waals surface area (Å²) in [5.74, 6) is 0.503. The number of rotatable bonds is 5. The van der Waals surface area contributed by atoms with Gasteiger partial charge in [-0.05, 0) is 50.2 Å². The molecule has 2 N–H and O–H groups in total. The molecule has 0 spiro atoms. The first-order valence-corrected chi connectivity index (χ1v) is 6.96. The molecule has 0 aromatic heterocycles. The Morgan fingerprint density at radius 1 is 1.27 bits per heavy atom. The summed E-state index contributed by atoms with van der Waals surface area (Å²) < 4.78 is 5.31. The van der Waals surface area contributed by atoms with Crippen molar-refractivity contribution in [2.24, 2.45) is 5.10 Å². The van der Waals surface area contributed by atoms with Crippen molar-refractivity contribution in [3.63, 3.8) is 0 Å². The van der Waals surface area contributed by atoms with Crippen LogP contribution in [0.15, 0.2) is 47.6 Å². The van der Waals surface area contributed by atoms with Crippen molar-refractivity contribution in [3.05, 3.63) is 59.2 Å². The SMILES string of the molecule is CCOc1ccc(C(=O)N/N=C\c2cc(C)ccc2O)cc1. The summed E-state index contributed by atoms with van der Waals surface area (Å²) in [6.07, 6.45) is 1.41. The van der Waals surface area contributed by atoms with E-state index in [0.29, 0.717) is 23.5 Å². The number of hydrogen-bond acceptors (Lipinski definition) is 4. The highest BCUT2D eigenvalue weighted by Crippen LogP contribution is 2.16. The van der Waals surface area contributed by atoms with Gasteiger partial charge in [0, 0.05) is 11.1 Å². The van der Waals surface area contributed by atoms with Crippen LogP contribution in [-0.4, -0.2) is 23.8 Å². The fraction of sp³-hybridized carbons (Fsp3) is 0.176. The van der Waals surface area contributed by atoms with Gasteiger partial charge in [0.25, 0.3) is 5.91 Å². The first-order valence-electron chi connectivity index (χ1n) is 6.96. The van der Waals surface area contributed by atoms with E-state index in [1.54, 1.807) is 42.5 Å². The van der Waals surface area contributed by atoms with Crippen LogP contribution in [0.4, 0.5) is 0 Å². The minimum Gasteiger partial charge on any atom is -0.507 e. The number of carbonyl (C=O) groups excluding carboxylic acids is 1. The van der Waals surface area contributed by atoms with E-state index >= 15 is 0 Å². The number of nitrogens with zero attached hydrogens (tertiary/aromatic N) is 1. The normalized spacial score (nSPS) is 10.6. The molecule has 0 saturated heterocycles. The van der Waals surface area contributed by atoms with Crippen LogP contribution in [-0.2, 0) is 0 Å². The molecule has 1 amide bonds. The average Bonchev–Trinajstić information content (AvgIpc) is 2.51. The minimum atomic E-state index is -0.327. The molecule has 0 aliphatic heterocycles. The highest BCUT2D eigenvalue weighted by atomic mass is 16.5. The Morgan fingerprint density at radius 3 is 2.68 bits per heavy atom. The predicted molar refractivity (Wildman–Crippen MR) is 85.5 cm³/mol. The van der Waals surface area contributed by atoms with E-state index in [4.69, 9.17) is 4.74 Å². The summed E-state index contributed by atoms with van der Waals surface area (Å²) in [5.41, 5.74) is 4.45. The predicted octanol–water partition coefficient (Wildman–Crippen LogP) is 2.86. The average molecular weight is 298 g/mol. The molecule has 114 valence electrons. The maximum absolute atomic E-state index is 11.9. The van der Waals surface area contributed by atoms with Gasteiger partial charge in [-0.3, -0.25) is 4.79 Å². The number of ether oxygens (including phenoxy) is 1. The second-order valence-corrected chi connectivity index (χ2v) is 4.72. The number of nitrogens with one attached hydrogen (secondary N) is 1. The van der Waals surface area contributed by atoms with Crippen molar-refractivity contribution in [2.45, 2.75) is 13.8 Å². The van der Waals surface area contributed by atoms with Crippen LogP contribution in [0.2, 0.25) is 0 Å². The van der Waals surface area contributed by atoms with E-state index in [9.17, 15) is 9.90 Å². The van der Waals surface area contributed by atoms with Crippen LogP contribution >= 0.6 is 0 Å². The van der Waals surface area contributed by atoms with Crippen molar-refractivity contribution in [3.8, 4) is 11.5 Å². The first-order chi connectivity index (χ1) is 10.6. The Kier molecular flexibility index (Phi) is 5.14. The summed E-state index contributed by atoms with van der Waals surface area (Å²) in [6, 6.07) is 12.0. The molecule has 2 aromatic rings. The number of carbonyl (C=O) groups is 1. The van der Waals surface area contributed by atoms with Gasteiger partial charge in [0.15, 0.2) is 0 Å². The first kappa shape index (κ1) is 15.6. The van der Waals surface area contributed by atoms with Crippen molar-refractivity contribution >= 4 is 12.1 Å². The Balaban J connectivity index is 2.00. The molecule has 2 aromatic carbocycles. The van der Waals surface area contributed by atoms with Crippen LogP contribution in [0.3, 0.4) is 0 Å². The smallest absolute Gasteiger partial charge is 0.271 e. The van der Waals surface area contributed by atoms with Gasteiger partial charge >= 0.3 is 0 Å². The highest BCUT2D eigenvalue weighted by Gasteiger charge is 2.04. The molecule has 22 heavy (non-hydrogen) atoms. The van der Waals surface area contributed by atoms with E-state index in [-0.39, 0.29) is 11.7 Å². The van der Waals surface area contributed by atoms with Crippen LogP contribution in [0.5, 0.6) is 11.5 Å². The molecule has 0 heterocycles. The van der Waals surface area contributed by atoms with E-state index in [1.165, 1.54) is 6.21 Å². The number of aryl methyl sites for hydroxylation is 1. The van der Waals surface area contributed by atoms with Gasteiger partial charge in [0.05, 0.1) is 12.8 Å². The topological polar surface area (TPSA) is 70.9 Å². The lowest BCUT2D eigenvalue weighted by atomic mass is 10.1. The van der Waals surface area contributed by atoms with Crippen LogP contribution in [0, 0.1) is 6.92 Å². The zero-order valence-electron chi connectivity index (χ0n) is 12.5. The van der Waals surface area contributed by atoms with Crippen molar-refractivity contribution < 1.29 is 14.6 Å². The largest absolute Gasteiger partial charge is 0.507 e. The maximum atomic E-state index is 11.9. The molecule has 5 heteroatoms. The van der Waals surface area contributed by atoms with Gasteiger partial charge in [-0.1, -0.05) is 11.6 Å². The van der Waals surface area contributed by atoms with Crippen LogP contribution < -0.4 is 10.2 Å². The standard InChI is InChI=1S/C17H18N2O3/c1-3-22-15-7-5-13(6-8-15)17(21)19-18-11-14-10-12(2)4-9-16(14)20/h4-11,20H,3H2,1-2H3,(H,19,21)/b18-11-. The fourth-order valence-corrected chi connectivity index (χ4v) is 1.87. The monoisotopic (exact) mass is 298 g/mol. The number of benzene rings is 2. The zero-order chi connectivity index (χ0) is 15.9. The van der Waals surface area contributed by atoms with Crippen molar-refractivity contribution in [1.29, 1.82) is 0 Å². The van der Waals surface area contributed by atoms with E-state index in [1.807, 2.05) is 13.8 Å². The second-order valence-electron chi connectivity index (χ2n) is 4.72. The molecule has 0 atom stereocenters. The van der Waals surface area contributed by atoms with Gasteiger partial charge in [-0.2, -0.15) is 5.10 Å². The number of aromatic hydroxyl groups is 1. The molecule has 0 bridgehead atoms. The summed E-state index contributed by atoms with van der Waals surface area (Å²) in [6.45, 7) is 4.39. The molecule has 0 aliphatic carbocycles. The minimum absolute atomic E-state index is 0.115. The van der Waals surface area contributed by atoms with Crippen molar-refractivity contribution in [2.75, 3.05) is 6.61 Å². The number of hydrazone groups is 1. The number of phenolic OH excluding ortho intramolecular Hbond substituents is 1. The molecular formula is C17H18N2O3. The molecule has 0 radical (unpaired) electrons. The second kappa shape index (κ2) is 7.26. The van der Waals surface area contributed by atoms with Gasteiger partial charge in [-0.15, -0.1) is 0 Å². The molecular weight excluding hydrogens is 280 g/mol. The van der Waals surface area contributed by atoms with E-state index in [0.717, 1.165) is 5.56 Å².